The van der Waals surface area contributed by atoms with Crippen molar-refractivity contribution in [1.29, 1.82) is 0 Å². The Morgan fingerprint density at radius 3 is 1.84 bits per heavy atom. The molecule has 0 saturated carbocycles. The van der Waals surface area contributed by atoms with E-state index in [1.807, 2.05) is 36.4 Å². The molecule has 0 saturated heterocycles. The molecule has 0 atom stereocenters. The highest BCUT2D eigenvalue weighted by atomic mass is 35.5. The van der Waals surface area contributed by atoms with Gasteiger partial charge >= 0.3 is 11.9 Å². The molecule has 0 fully saturated rings. The van der Waals surface area contributed by atoms with Gasteiger partial charge in [0.2, 0.25) is 0 Å². The molecule has 0 heterocycles. The maximum Gasteiger partial charge on any atom is 0.397 e. The lowest BCUT2D eigenvalue weighted by atomic mass is 9.86. The van der Waals surface area contributed by atoms with Gasteiger partial charge in [0.05, 0.1) is 13.7 Å². The van der Waals surface area contributed by atoms with Crippen LogP contribution in [0.3, 0.4) is 0 Å². The van der Waals surface area contributed by atoms with Crippen LogP contribution in [-0.4, -0.2) is 19.0 Å². The molecule has 31 heavy (non-hydrogen) atoms. The first-order valence-corrected chi connectivity index (χ1v) is 10.4. The fourth-order valence-electron chi connectivity index (χ4n) is 3.25. The van der Waals surface area contributed by atoms with Gasteiger partial charge in [0.1, 0.15) is 0 Å². The van der Waals surface area contributed by atoms with Crippen LogP contribution in [0.5, 0.6) is 0 Å². The smallest absolute Gasteiger partial charge is 0.397 e. The van der Waals surface area contributed by atoms with Crippen molar-refractivity contribution in [1.82, 2.24) is 0 Å². The Labute approximate surface area is 188 Å². The molecule has 0 aliphatic carbocycles. The van der Waals surface area contributed by atoms with Gasteiger partial charge in [-0.1, -0.05) is 80.9 Å². The lowest BCUT2D eigenvalue weighted by Crippen LogP contribution is -2.36. The predicted octanol–water partition coefficient (Wildman–Crippen LogP) is 6.01. The molecule has 0 aromatic heterocycles. The summed E-state index contributed by atoms with van der Waals surface area (Å²) < 4.78 is 4.65. The van der Waals surface area contributed by atoms with Gasteiger partial charge < -0.3 is 4.74 Å². The summed E-state index contributed by atoms with van der Waals surface area (Å²) in [7, 11) is 1.20. The van der Waals surface area contributed by atoms with Gasteiger partial charge in [-0.15, -0.1) is 0 Å². The van der Waals surface area contributed by atoms with Gasteiger partial charge in [0.15, 0.2) is 0 Å². The highest BCUT2D eigenvalue weighted by Crippen LogP contribution is 2.28. The average molecular weight is 436 g/mol. The van der Waals surface area contributed by atoms with E-state index in [0.717, 1.165) is 16.7 Å². The molecule has 0 radical (unpaired) electrons. The third-order valence-electron chi connectivity index (χ3n) is 5.12. The van der Waals surface area contributed by atoms with Crippen molar-refractivity contribution >= 4 is 29.2 Å². The summed E-state index contributed by atoms with van der Waals surface area (Å²) in [4.78, 5) is 26.0. The number of hydrogen-bond acceptors (Lipinski definition) is 3. The van der Waals surface area contributed by atoms with Crippen molar-refractivity contribution in [3.05, 3.63) is 88.9 Å². The van der Waals surface area contributed by atoms with Crippen molar-refractivity contribution in [2.75, 3.05) is 12.0 Å². The SMILES string of the molecule is COC(=O)C(=O)N(Cc1ccc(Cl)cc1)c1ccc(-c2ccc(C(C)(C)C)cc2)cc1. The first-order chi connectivity index (χ1) is 14.7. The van der Waals surface area contributed by atoms with Crippen LogP contribution < -0.4 is 4.90 Å². The van der Waals surface area contributed by atoms with Gasteiger partial charge in [0, 0.05) is 10.7 Å². The Balaban J connectivity index is 1.88. The highest BCUT2D eigenvalue weighted by molar-refractivity contribution is 6.38. The average Bonchev–Trinajstić information content (AvgIpc) is 2.77. The number of nitrogens with zero attached hydrogens (tertiary/aromatic N) is 1. The largest absolute Gasteiger partial charge is 0.462 e. The minimum absolute atomic E-state index is 0.0960. The van der Waals surface area contributed by atoms with Gasteiger partial charge in [-0.25, -0.2) is 4.79 Å². The number of ether oxygens (including phenoxy) is 1. The number of methoxy groups -OCH3 is 1. The van der Waals surface area contributed by atoms with E-state index in [0.29, 0.717) is 10.7 Å². The minimum Gasteiger partial charge on any atom is -0.462 e. The van der Waals surface area contributed by atoms with Crippen LogP contribution in [0.4, 0.5) is 5.69 Å². The number of carbonyl (C=O) groups excluding carboxylic acids is 2. The molecule has 4 nitrogen and oxygen atoms in total. The van der Waals surface area contributed by atoms with Crippen LogP contribution in [-0.2, 0) is 26.3 Å². The number of hydrogen-bond donors (Lipinski definition) is 0. The molecule has 0 unspecified atom stereocenters. The Kier molecular flexibility index (Phi) is 6.81. The van der Waals surface area contributed by atoms with E-state index in [9.17, 15) is 9.59 Å². The number of halogens is 1. The summed E-state index contributed by atoms with van der Waals surface area (Å²) in [5.41, 5.74) is 4.94. The maximum atomic E-state index is 12.7. The van der Waals surface area contributed by atoms with Crippen LogP contribution in [0.1, 0.15) is 31.9 Å². The number of carbonyl (C=O) groups is 2. The van der Waals surface area contributed by atoms with E-state index in [2.05, 4.69) is 49.8 Å². The number of amides is 1. The lowest BCUT2D eigenvalue weighted by molar-refractivity contribution is -0.151. The minimum atomic E-state index is -0.907. The Bertz CT molecular complexity index is 1050. The van der Waals surface area contributed by atoms with Gasteiger partial charge in [-0.3, -0.25) is 9.69 Å². The van der Waals surface area contributed by atoms with E-state index < -0.39 is 11.9 Å². The molecule has 3 rings (SSSR count). The number of benzene rings is 3. The Morgan fingerprint density at radius 1 is 0.839 bits per heavy atom. The summed E-state index contributed by atoms with van der Waals surface area (Å²) in [6.07, 6.45) is 0. The summed E-state index contributed by atoms with van der Waals surface area (Å²) in [5.74, 6) is -1.63. The van der Waals surface area contributed by atoms with E-state index in [4.69, 9.17) is 11.6 Å². The Hall–Kier alpha value is -3.11. The molecular formula is C26H26ClNO3. The highest BCUT2D eigenvalue weighted by Gasteiger charge is 2.24. The molecule has 0 N–H and O–H groups in total. The first-order valence-electron chi connectivity index (χ1n) is 10.0. The van der Waals surface area contributed by atoms with Crippen molar-refractivity contribution in [2.24, 2.45) is 0 Å². The summed E-state index contributed by atoms with van der Waals surface area (Å²) >= 11 is 5.96. The summed E-state index contributed by atoms with van der Waals surface area (Å²) in [6.45, 7) is 6.78. The van der Waals surface area contributed by atoms with Crippen molar-refractivity contribution in [3.63, 3.8) is 0 Å². The molecule has 0 aliphatic rings. The van der Waals surface area contributed by atoms with E-state index in [-0.39, 0.29) is 12.0 Å². The molecule has 1 amide bonds. The Morgan fingerprint density at radius 2 is 1.35 bits per heavy atom. The molecule has 3 aromatic rings. The third kappa shape index (κ3) is 5.53. The second-order valence-corrected chi connectivity index (χ2v) is 8.82. The fourth-order valence-corrected chi connectivity index (χ4v) is 3.37. The van der Waals surface area contributed by atoms with Crippen LogP contribution in [0.25, 0.3) is 11.1 Å². The maximum absolute atomic E-state index is 12.7. The first kappa shape index (κ1) is 22.6. The number of esters is 1. The second kappa shape index (κ2) is 9.36. The van der Waals surface area contributed by atoms with E-state index in [1.54, 1.807) is 12.1 Å². The van der Waals surface area contributed by atoms with Gasteiger partial charge in [-0.2, -0.15) is 0 Å². The molecule has 0 spiro atoms. The number of anilines is 1. The fraction of sp³-hybridized carbons (Fsp3) is 0.231. The summed E-state index contributed by atoms with van der Waals surface area (Å²) in [5, 5.41) is 0.608. The molecule has 5 heteroatoms. The van der Waals surface area contributed by atoms with Crippen molar-refractivity contribution in [2.45, 2.75) is 32.7 Å². The van der Waals surface area contributed by atoms with E-state index >= 15 is 0 Å². The molecule has 0 aliphatic heterocycles. The van der Waals surface area contributed by atoms with E-state index in [1.165, 1.54) is 17.6 Å². The van der Waals surface area contributed by atoms with Crippen LogP contribution in [0.2, 0.25) is 5.02 Å². The number of rotatable bonds is 4. The van der Waals surface area contributed by atoms with Crippen molar-refractivity contribution in [3.8, 4) is 11.1 Å². The quantitative estimate of drug-likeness (QED) is 0.372. The zero-order valence-corrected chi connectivity index (χ0v) is 18.9. The molecular weight excluding hydrogens is 410 g/mol. The van der Waals surface area contributed by atoms with Gasteiger partial charge in [-0.05, 0) is 51.9 Å². The molecule has 3 aromatic carbocycles. The molecule has 160 valence electrons. The van der Waals surface area contributed by atoms with Crippen LogP contribution in [0.15, 0.2) is 72.8 Å². The third-order valence-corrected chi connectivity index (χ3v) is 5.37. The predicted molar refractivity (Wildman–Crippen MR) is 125 cm³/mol. The standard InChI is InChI=1S/C26H26ClNO3/c1-26(2,3)21-11-7-19(8-12-21)20-9-15-23(16-10-20)28(24(29)25(30)31-4)17-18-5-13-22(27)14-6-18/h5-16H,17H2,1-4H3. The molecule has 0 bridgehead atoms. The topological polar surface area (TPSA) is 46.6 Å². The van der Waals surface area contributed by atoms with Crippen LogP contribution >= 0.6 is 11.6 Å². The second-order valence-electron chi connectivity index (χ2n) is 8.38. The van der Waals surface area contributed by atoms with Crippen molar-refractivity contribution < 1.29 is 14.3 Å². The van der Waals surface area contributed by atoms with Crippen LogP contribution in [0, 0.1) is 0 Å². The lowest BCUT2D eigenvalue weighted by Gasteiger charge is -2.22. The zero-order valence-electron chi connectivity index (χ0n) is 18.2. The monoisotopic (exact) mass is 435 g/mol. The zero-order chi connectivity index (χ0) is 22.6. The normalized spacial score (nSPS) is 11.1. The van der Waals surface area contributed by atoms with Gasteiger partial charge in [0.25, 0.3) is 0 Å². The summed E-state index contributed by atoms with van der Waals surface area (Å²) in [6, 6.07) is 23.2.